The van der Waals surface area contributed by atoms with Gasteiger partial charge < -0.3 is 19.5 Å². The van der Waals surface area contributed by atoms with Gasteiger partial charge in [-0.15, -0.1) is 0 Å². The number of rotatable bonds is 8. The number of amides is 1. The molecule has 0 saturated heterocycles. The van der Waals surface area contributed by atoms with Gasteiger partial charge in [0.25, 0.3) is 0 Å². The van der Waals surface area contributed by atoms with Crippen molar-refractivity contribution in [3.05, 3.63) is 89.0 Å². The quantitative estimate of drug-likeness (QED) is 0.278. The molecule has 164 valence electrons. The second kappa shape index (κ2) is 11.0. The molecule has 0 radical (unpaired) electrons. The molecule has 3 aromatic rings. The van der Waals surface area contributed by atoms with Crippen LogP contribution in [0.3, 0.4) is 0 Å². The Morgan fingerprint density at radius 1 is 1.00 bits per heavy atom. The number of benzene rings is 3. The predicted molar refractivity (Wildman–Crippen MR) is 124 cm³/mol. The number of methoxy groups -OCH3 is 1. The van der Waals surface area contributed by atoms with E-state index in [-0.39, 0.29) is 18.3 Å². The van der Waals surface area contributed by atoms with Crippen molar-refractivity contribution >= 4 is 35.2 Å². The van der Waals surface area contributed by atoms with Gasteiger partial charge in [-0.25, -0.2) is 0 Å². The van der Waals surface area contributed by atoms with E-state index in [4.69, 9.17) is 25.8 Å². The standard InChI is InChI=1S/C25H22ClNO5/c1-17(28)32-24-14-18(8-12-23(24)30-2)9-13-25(29)27-22-15-20(26)11-10-19(22)16-31-21-6-4-3-5-7-21/h3-15H,16H2,1-2H3,(H,27,29)/b13-9+. The monoisotopic (exact) mass is 451 g/mol. The molecule has 1 amide bonds. The zero-order chi connectivity index (χ0) is 22.9. The van der Waals surface area contributed by atoms with E-state index >= 15 is 0 Å². The fraction of sp³-hybridized carbons (Fsp3) is 0.120. The Hall–Kier alpha value is -3.77. The molecule has 32 heavy (non-hydrogen) atoms. The Bertz CT molecular complexity index is 1130. The molecule has 0 aliphatic carbocycles. The van der Waals surface area contributed by atoms with Gasteiger partial charge in [-0.3, -0.25) is 9.59 Å². The molecule has 1 N–H and O–H groups in total. The molecule has 0 unspecified atom stereocenters. The van der Waals surface area contributed by atoms with Crippen molar-refractivity contribution in [2.75, 3.05) is 12.4 Å². The summed E-state index contributed by atoms with van der Waals surface area (Å²) in [5, 5.41) is 3.32. The molecule has 0 bridgehead atoms. The van der Waals surface area contributed by atoms with Crippen LogP contribution in [0.1, 0.15) is 18.1 Å². The normalized spacial score (nSPS) is 10.6. The van der Waals surface area contributed by atoms with Gasteiger partial charge in [-0.1, -0.05) is 41.9 Å². The highest BCUT2D eigenvalue weighted by Gasteiger charge is 2.09. The number of hydrogen-bond acceptors (Lipinski definition) is 5. The van der Waals surface area contributed by atoms with Crippen LogP contribution in [0.15, 0.2) is 72.8 Å². The lowest BCUT2D eigenvalue weighted by atomic mass is 10.1. The predicted octanol–water partition coefficient (Wildman–Crippen LogP) is 5.50. The van der Waals surface area contributed by atoms with Crippen LogP contribution in [0.5, 0.6) is 17.2 Å². The molecule has 0 aliphatic heterocycles. The minimum absolute atomic E-state index is 0.269. The van der Waals surface area contributed by atoms with Crippen LogP contribution in [0, 0.1) is 0 Å². The second-order valence-electron chi connectivity index (χ2n) is 6.73. The van der Waals surface area contributed by atoms with Crippen LogP contribution in [0.25, 0.3) is 6.08 Å². The van der Waals surface area contributed by atoms with Gasteiger partial charge >= 0.3 is 5.97 Å². The van der Waals surface area contributed by atoms with E-state index in [0.717, 1.165) is 11.3 Å². The molecule has 0 fully saturated rings. The molecule has 3 aromatic carbocycles. The number of carbonyl (C=O) groups excluding carboxylic acids is 2. The first-order chi connectivity index (χ1) is 15.4. The Balaban J connectivity index is 1.71. The number of hydrogen-bond donors (Lipinski definition) is 1. The van der Waals surface area contributed by atoms with Crippen molar-refractivity contribution < 1.29 is 23.8 Å². The molecule has 3 rings (SSSR count). The van der Waals surface area contributed by atoms with Crippen molar-refractivity contribution in [3.8, 4) is 17.2 Å². The molecule has 0 atom stereocenters. The number of carbonyl (C=O) groups is 2. The van der Waals surface area contributed by atoms with E-state index in [1.54, 1.807) is 42.5 Å². The first-order valence-corrected chi connectivity index (χ1v) is 10.1. The van der Waals surface area contributed by atoms with Crippen molar-refractivity contribution in [2.45, 2.75) is 13.5 Å². The molecule has 0 saturated carbocycles. The number of esters is 1. The fourth-order valence-corrected chi connectivity index (χ4v) is 3.02. The van der Waals surface area contributed by atoms with Gasteiger partial charge in [-0.2, -0.15) is 0 Å². The fourth-order valence-electron chi connectivity index (χ4n) is 2.85. The van der Waals surface area contributed by atoms with E-state index in [1.165, 1.54) is 20.1 Å². The topological polar surface area (TPSA) is 73.9 Å². The average Bonchev–Trinajstić information content (AvgIpc) is 2.77. The zero-order valence-corrected chi connectivity index (χ0v) is 18.4. The number of nitrogens with one attached hydrogen (secondary N) is 1. The zero-order valence-electron chi connectivity index (χ0n) is 17.6. The van der Waals surface area contributed by atoms with Crippen molar-refractivity contribution in [1.29, 1.82) is 0 Å². The lowest BCUT2D eigenvalue weighted by molar-refractivity contribution is -0.132. The van der Waals surface area contributed by atoms with Gasteiger partial charge in [0.15, 0.2) is 11.5 Å². The minimum Gasteiger partial charge on any atom is -0.493 e. The third kappa shape index (κ3) is 6.62. The third-order valence-electron chi connectivity index (χ3n) is 4.34. The lowest BCUT2D eigenvalue weighted by Gasteiger charge is -2.12. The molecule has 0 aromatic heterocycles. The number of halogens is 1. The van der Waals surface area contributed by atoms with Gasteiger partial charge in [0.1, 0.15) is 12.4 Å². The largest absolute Gasteiger partial charge is 0.493 e. The summed E-state index contributed by atoms with van der Waals surface area (Å²) >= 11 is 6.11. The Labute approximate surface area is 191 Å². The Morgan fingerprint density at radius 2 is 1.78 bits per heavy atom. The van der Waals surface area contributed by atoms with Crippen LogP contribution in [0.4, 0.5) is 5.69 Å². The summed E-state index contributed by atoms with van der Waals surface area (Å²) in [6, 6.07) is 19.6. The van der Waals surface area contributed by atoms with Gasteiger partial charge in [0.05, 0.1) is 7.11 Å². The van der Waals surface area contributed by atoms with Crippen LogP contribution in [-0.2, 0) is 16.2 Å². The highest BCUT2D eigenvalue weighted by Crippen LogP contribution is 2.29. The Kier molecular flexibility index (Phi) is 7.89. The van der Waals surface area contributed by atoms with Crippen LogP contribution >= 0.6 is 11.6 Å². The van der Waals surface area contributed by atoms with Crippen molar-refractivity contribution in [1.82, 2.24) is 0 Å². The maximum Gasteiger partial charge on any atom is 0.308 e. The second-order valence-corrected chi connectivity index (χ2v) is 7.17. The van der Waals surface area contributed by atoms with Crippen LogP contribution in [0.2, 0.25) is 5.02 Å². The summed E-state index contributed by atoms with van der Waals surface area (Å²) in [6.07, 6.45) is 2.98. The van der Waals surface area contributed by atoms with Gasteiger partial charge in [0, 0.05) is 29.3 Å². The van der Waals surface area contributed by atoms with Crippen LogP contribution < -0.4 is 19.5 Å². The summed E-state index contributed by atoms with van der Waals surface area (Å²) in [7, 11) is 1.48. The first-order valence-electron chi connectivity index (χ1n) is 9.76. The maximum absolute atomic E-state index is 12.5. The van der Waals surface area contributed by atoms with Crippen molar-refractivity contribution in [3.63, 3.8) is 0 Å². The van der Waals surface area contributed by atoms with E-state index in [9.17, 15) is 9.59 Å². The molecule has 0 aliphatic rings. The molecule has 6 nitrogen and oxygen atoms in total. The third-order valence-corrected chi connectivity index (χ3v) is 4.57. The first kappa shape index (κ1) is 22.9. The summed E-state index contributed by atoms with van der Waals surface area (Å²) < 4.78 is 16.1. The van der Waals surface area contributed by atoms with E-state index < -0.39 is 5.97 Å². The van der Waals surface area contributed by atoms with E-state index in [1.807, 2.05) is 30.3 Å². The maximum atomic E-state index is 12.5. The molecule has 7 heteroatoms. The summed E-state index contributed by atoms with van der Waals surface area (Å²) in [6.45, 7) is 1.57. The van der Waals surface area contributed by atoms with Gasteiger partial charge in [0.2, 0.25) is 5.91 Å². The van der Waals surface area contributed by atoms with E-state index in [0.29, 0.717) is 22.0 Å². The molecule has 0 heterocycles. The minimum atomic E-state index is -0.464. The highest BCUT2D eigenvalue weighted by atomic mass is 35.5. The van der Waals surface area contributed by atoms with Crippen molar-refractivity contribution in [2.24, 2.45) is 0 Å². The number of ether oxygens (including phenoxy) is 3. The smallest absolute Gasteiger partial charge is 0.308 e. The molecular weight excluding hydrogens is 430 g/mol. The number of para-hydroxylation sites is 1. The summed E-state index contributed by atoms with van der Waals surface area (Å²) in [5.74, 6) is 0.607. The van der Waals surface area contributed by atoms with E-state index in [2.05, 4.69) is 5.32 Å². The van der Waals surface area contributed by atoms with Crippen LogP contribution in [-0.4, -0.2) is 19.0 Å². The number of anilines is 1. The Morgan fingerprint density at radius 3 is 2.50 bits per heavy atom. The lowest BCUT2D eigenvalue weighted by Crippen LogP contribution is -2.11. The average molecular weight is 452 g/mol. The van der Waals surface area contributed by atoms with Gasteiger partial charge in [-0.05, 0) is 48.0 Å². The summed E-state index contributed by atoms with van der Waals surface area (Å²) in [5.41, 5.74) is 2.00. The molecular formula is C25H22ClNO5. The molecule has 0 spiro atoms. The SMILES string of the molecule is COc1ccc(/C=C/C(=O)Nc2cc(Cl)ccc2COc2ccccc2)cc1OC(C)=O. The summed E-state index contributed by atoms with van der Waals surface area (Å²) in [4.78, 5) is 23.8. The highest BCUT2D eigenvalue weighted by molar-refractivity contribution is 6.31.